The van der Waals surface area contributed by atoms with Crippen LogP contribution >= 0.6 is 0 Å². The van der Waals surface area contributed by atoms with Gasteiger partial charge in [0.15, 0.2) is 0 Å². The summed E-state index contributed by atoms with van der Waals surface area (Å²) in [6.45, 7) is 5.23. The van der Waals surface area contributed by atoms with Gasteiger partial charge in [-0.05, 0) is 12.8 Å². The summed E-state index contributed by atoms with van der Waals surface area (Å²) in [6.07, 6.45) is 20.7. The molecular weight excluding hydrogens is 339 g/mol. The van der Waals surface area contributed by atoms with Crippen LogP contribution in [0.15, 0.2) is 12.7 Å². The second-order valence-corrected chi connectivity index (χ2v) is 6.61. The number of carbonyl (C=O) groups is 2. The van der Waals surface area contributed by atoms with Crippen LogP contribution in [-0.2, 0) is 9.59 Å². The average Bonchev–Trinajstić information content (AvgIpc) is 2.58. The van der Waals surface area contributed by atoms with Crippen molar-refractivity contribution in [2.45, 2.75) is 110 Å². The van der Waals surface area contributed by atoms with Crippen LogP contribution in [0.3, 0.4) is 0 Å². The van der Waals surface area contributed by atoms with E-state index < -0.39 is 11.9 Å². The van der Waals surface area contributed by atoms with E-state index in [1.165, 1.54) is 83.5 Å². The van der Waals surface area contributed by atoms with E-state index in [0.717, 1.165) is 18.9 Å². The summed E-state index contributed by atoms with van der Waals surface area (Å²) in [4.78, 5) is 19.5. The second-order valence-electron chi connectivity index (χ2n) is 6.61. The third kappa shape index (κ3) is 34.9. The van der Waals surface area contributed by atoms with Crippen LogP contribution in [0.1, 0.15) is 110 Å². The maximum Gasteiger partial charge on any atom is 1.00 e. The number of carboxylic acid groups (broad SMARTS) is 2. The summed E-state index contributed by atoms with van der Waals surface area (Å²) >= 11 is 0. The van der Waals surface area contributed by atoms with E-state index in [0.29, 0.717) is 0 Å². The molecule has 5 heteroatoms. The van der Waals surface area contributed by atoms with Gasteiger partial charge in [-0.1, -0.05) is 103 Å². The quantitative estimate of drug-likeness (QED) is 0.239. The van der Waals surface area contributed by atoms with Gasteiger partial charge in [0.05, 0.1) is 0 Å². The van der Waals surface area contributed by atoms with Crippen LogP contribution in [0.2, 0.25) is 0 Å². The van der Waals surface area contributed by atoms with Crippen LogP contribution in [-0.4, -0.2) is 17.0 Å². The third-order valence-electron chi connectivity index (χ3n) is 4.16. The Labute approximate surface area is 183 Å². The molecule has 0 aliphatic carbocycles. The molecule has 1 N–H and O–H groups in total. The molecule has 0 aromatic heterocycles. The van der Waals surface area contributed by atoms with E-state index in [2.05, 4.69) is 13.5 Å². The number of aliphatic carboxylic acids is 2. The first-order valence-corrected chi connectivity index (χ1v) is 10.1. The standard InChI is InChI=1S/C18H36O2.C3H4O2.Na/c1-2-3-4-5-6-7-8-9-10-11-12-13-14-15-16-17-18(19)20;1-2-3(4)5;/h2-17H2,1H3,(H,19,20);2H,1H2,(H,4,5);/q;;+1/p-1. The maximum atomic E-state index is 10.2. The van der Waals surface area contributed by atoms with Gasteiger partial charge in [0.25, 0.3) is 0 Å². The number of hydrogen-bond acceptors (Lipinski definition) is 3. The van der Waals surface area contributed by atoms with Crippen molar-refractivity contribution >= 4 is 11.9 Å². The van der Waals surface area contributed by atoms with Gasteiger partial charge in [0, 0.05) is 12.0 Å². The van der Waals surface area contributed by atoms with Crippen molar-refractivity contribution in [2.24, 2.45) is 0 Å². The van der Waals surface area contributed by atoms with Gasteiger partial charge >= 0.3 is 35.5 Å². The largest absolute Gasteiger partial charge is 1.00 e. The SMILES string of the molecule is C=CC(=O)O.CCCCCCCCCCCCCCCCCC(=O)[O-].[Na+]. The summed E-state index contributed by atoms with van der Waals surface area (Å²) in [7, 11) is 0. The topological polar surface area (TPSA) is 77.4 Å². The molecule has 0 aliphatic heterocycles. The van der Waals surface area contributed by atoms with E-state index in [1.807, 2.05) is 0 Å². The molecule has 0 fully saturated rings. The van der Waals surface area contributed by atoms with Crippen molar-refractivity contribution in [2.75, 3.05) is 0 Å². The van der Waals surface area contributed by atoms with Crippen LogP contribution in [0, 0.1) is 0 Å². The molecule has 0 aromatic carbocycles. The Morgan fingerprint density at radius 2 is 1.04 bits per heavy atom. The summed E-state index contributed by atoms with van der Waals surface area (Å²) in [5, 5.41) is 17.8. The number of carbonyl (C=O) groups excluding carboxylic acids is 1. The fourth-order valence-corrected chi connectivity index (χ4v) is 2.64. The molecule has 0 saturated carbocycles. The molecule has 0 spiro atoms. The molecule has 148 valence electrons. The Balaban J connectivity index is -0.000000772. The van der Waals surface area contributed by atoms with Crippen molar-refractivity contribution < 1.29 is 49.4 Å². The van der Waals surface area contributed by atoms with E-state index in [4.69, 9.17) is 5.11 Å². The second kappa shape index (κ2) is 26.9. The fourth-order valence-electron chi connectivity index (χ4n) is 2.64. The Morgan fingerprint density at radius 3 is 1.27 bits per heavy atom. The van der Waals surface area contributed by atoms with Crippen molar-refractivity contribution in [1.29, 1.82) is 0 Å². The Kier molecular flexibility index (Phi) is 31.5. The number of hydrogen-bond donors (Lipinski definition) is 1. The zero-order valence-corrected chi connectivity index (χ0v) is 19.3. The van der Waals surface area contributed by atoms with Gasteiger partial charge in [-0.3, -0.25) is 0 Å². The predicted octanol–water partition coefficient (Wildman–Crippen LogP) is 2.26. The van der Waals surface area contributed by atoms with Crippen LogP contribution in [0.5, 0.6) is 0 Å². The Bertz CT molecular complexity index is 319. The van der Waals surface area contributed by atoms with Gasteiger partial charge in [0.1, 0.15) is 0 Å². The number of carboxylic acids is 2. The minimum Gasteiger partial charge on any atom is -0.550 e. The Hall–Kier alpha value is -0.320. The first kappa shape index (κ1) is 30.4. The molecule has 0 amide bonds. The summed E-state index contributed by atoms with van der Waals surface area (Å²) < 4.78 is 0. The molecule has 0 heterocycles. The minimum atomic E-state index is -0.981. The third-order valence-corrected chi connectivity index (χ3v) is 4.16. The molecule has 0 saturated heterocycles. The Morgan fingerprint density at radius 1 is 0.769 bits per heavy atom. The first-order valence-electron chi connectivity index (χ1n) is 10.1. The van der Waals surface area contributed by atoms with Gasteiger partial charge in [-0.2, -0.15) is 0 Å². The van der Waals surface area contributed by atoms with Gasteiger partial charge in [0.2, 0.25) is 0 Å². The molecule has 0 atom stereocenters. The zero-order valence-electron chi connectivity index (χ0n) is 17.3. The predicted molar refractivity (Wildman–Crippen MR) is 102 cm³/mol. The maximum absolute atomic E-state index is 10.2. The average molecular weight is 379 g/mol. The number of unbranched alkanes of at least 4 members (excludes halogenated alkanes) is 14. The molecule has 4 nitrogen and oxygen atoms in total. The molecule has 0 rings (SSSR count). The van der Waals surface area contributed by atoms with Crippen LogP contribution < -0.4 is 34.7 Å². The molecule has 0 bridgehead atoms. The van der Waals surface area contributed by atoms with Crippen molar-refractivity contribution in [3.63, 3.8) is 0 Å². The first-order chi connectivity index (χ1) is 12.0. The molecule has 0 aliphatic rings. The summed E-state index contributed by atoms with van der Waals surface area (Å²) in [5.74, 6) is -1.88. The van der Waals surface area contributed by atoms with Crippen molar-refractivity contribution in [3.8, 4) is 0 Å². The smallest absolute Gasteiger partial charge is 0.550 e. The van der Waals surface area contributed by atoms with Crippen molar-refractivity contribution in [1.82, 2.24) is 0 Å². The van der Waals surface area contributed by atoms with E-state index in [1.54, 1.807) is 0 Å². The molecule has 0 radical (unpaired) electrons. The fraction of sp³-hybridized carbons (Fsp3) is 0.810. The zero-order chi connectivity index (χ0) is 19.2. The van der Waals surface area contributed by atoms with E-state index >= 15 is 0 Å². The van der Waals surface area contributed by atoms with Crippen LogP contribution in [0.25, 0.3) is 0 Å². The van der Waals surface area contributed by atoms with Gasteiger partial charge < -0.3 is 15.0 Å². The van der Waals surface area contributed by atoms with Gasteiger partial charge in [-0.15, -0.1) is 0 Å². The van der Waals surface area contributed by atoms with Gasteiger partial charge in [-0.25, -0.2) is 4.79 Å². The normalized spacial score (nSPS) is 9.58. The number of rotatable bonds is 17. The van der Waals surface area contributed by atoms with Crippen LogP contribution in [0.4, 0.5) is 0 Å². The van der Waals surface area contributed by atoms with Crippen molar-refractivity contribution in [3.05, 3.63) is 12.7 Å². The summed E-state index contributed by atoms with van der Waals surface area (Å²) in [6, 6.07) is 0. The minimum absolute atomic E-state index is 0. The van der Waals surface area contributed by atoms with E-state index in [9.17, 15) is 14.7 Å². The molecule has 26 heavy (non-hydrogen) atoms. The molecule has 0 unspecified atom stereocenters. The molecule has 0 aromatic rings. The molecular formula is C21H39NaO4. The monoisotopic (exact) mass is 378 g/mol. The summed E-state index contributed by atoms with van der Waals surface area (Å²) in [5.41, 5.74) is 0. The van der Waals surface area contributed by atoms with E-state index in [-0.39, 0.29) is 36.0 Å².